The van der Waals surface area contributed by atoms with Crippen molar-refractivity contribution in [3.63, 3.8) is 0 Å². The smallest absolute Gasteiger partial charge is 0.305 e. The van der Waals surface area contributed by atoms with Crippen molar-refractivity contribution in [3.05, 3.63) is 56.7 Å². The molecule has 6 heteroatoms. The predicted octanol–water partition coefficient (Wildman–Crippen LogP) is 3.39. The Morgan fingerprint density at radius 3 is 2.71 bits per heavy atom. The molecule has 0 fully saturated rings. The molecule has 1 amide bonds. The summed E-state index contributed by atoms with van der Waals surface area (Å²) in [5, 5.41) is 13.7. The fourth-order valence-electron chi connectivity index (χ4n) is 1.97. The van der Waals surface area contributed by atoms with E-state index in [9.17, 15) is 9.59 Å². The normalized spacial score (nSPS) is 11.9. The van der Waals surface area contributed by atoms with Crippen molar-refractivity contribution < 1.29 is 14.7 Å². The van der Waals surface area contributed by atoms with E-state index in [0.29, 0.717) is 0 Å². The minimum Gasteiger partial charge on any atom is -0.481 e. The van der Waals surface area contributed by atoms with Gasteiger partial charge in [0.15, 0.2) is 0 Å². The Hall–Kier alpha value is -1.66. The molecule has 2 N–H and O–H groups in total. The van der Waals surface area contributed by atoms with Crippen molar-refractivity contribution in [1.29, 1.82) is 0 Å². The van der Waals surface area contributed by atoms with Gasteiger partial charge in [-0.15, -0.1) is 11.3 Å². The summed E-state index contributed by atoms with van der Waals surface area (Å²) in [6.45, 7) is 0. The number of carbonyl (C=O) groups is 2. The molecule has 0 radical (unpaired) electrons. The van der Waals surface area contributed by atoms with Crippen LogP contribution in [0.1, 0.15) is 22.9 Å². The largest absolute Gasteiger partial charge is 0.481 e. The number of thiophene rings is 1. The Labute approximate surface area is 134 Å². The fourth-order valence-corrected chi connectivity index (χ4v) is 3.09. The van der Waals surface area contributed by atoms with E-state index in [-0.39, 0.29) is 18.7 Å². The third-order valence-corrected chi connectivity index (χ3v) is 4.25. The van der Waals surface area contributed by atoms with E-state index in [1.54, 1.807) is 0 Å². The highest BCUT2D eigenvalue weighted by Gasteiger charge is 2.18. The maximum atomic E-state index is 12.1. The van der Waals surface area contributed by atoms with E-state index >= 15 is 0 Å². The molecule has 2 rings (SSSR count). The number of nitrogens with one attached hydrogen (secondary N) is 1. The summed E-state index contributed by atoms with van der Waals surface area (Å²) < 4.78 is 0.850. The Morgan fingerprint density at radius 1 is 1.29 bits per heavy atom. The second-order valence-corrected chi connectivity index (χ2v) is 6.48. The third-order valence-electron chi connectivity index (χ3n) is 2.88. The van der Waals surface area contributed by atoms with Gasteiger partial charge in [-0.25, -0.2) is 0 Å². The van der Waals surface area contributed by atoms with Crippen LogP contribution >= 0.6 is 27.3 Å². The first-order valence-electron chi connectivity index (χ1n) is 6.33. The molecule has 0 bridgehead atoms. The van der Waals surface area contributed by atoms with E-state index in [4.69, 9.17) is 5.11 Å². The Morgan fingerprint density at radius 2 is 2.10 bits per heavy atom. The number of carboxylic acids is 1. The highest BCUT2D eigenvalue weighted by Crippen LogP contribution is 2.21. The van der Waals surface area contributed by atoms with Gasteiger partial charge in [0.2, 0.25) is 5.91 Å². The second kappa shape index (κ2) is 7.38. The Bertz CT molecular complexity index is 628. The molecule has 0 aliphatic rings. The van der Waals surface area contributed by atoms with Gasteiger partial charge in [0.25, 0.3) is 0 Å². The maximum absolute atomic E-state index is 12.1. The fraction of sp³-hybridized carbons (Fsp3) is 0.200. The van der Waals surface area contributed by atoms with E-state index < -0.39 is 12.0 Å². The van der Waals surface area contributed by atoms with Crippen molar-refractivity contribution in [2.75, 3.05) is 0 Å². The van der Waals surface area contributed by atoms with E-state index in [1.807, 2.05) is 41.8 Å². The van der Waals surface area contributed by atoms with Crippen molar-refractivity contribution in [3.8, 4) is 0 Å². The summed E-state index contributed by atoms with van der Waals surface area (Å²) in [7, 11) is 0. The maximum Gasteiger partial charge on any atom is 0.305 e. The summed E-state index contributed by atoms with van der Waals surface area (Å²) in [5.74, 6) is -1.12. The van der Waals surface area contributed by atoms with Crippen molar-refractivity contribution in [2.24, 2.45) is 0 Å². The van der Waals surface area contributed by atoms with Crippen LogP contribution in [0.25, 0.3) is 0 Å². The summed E-state index contributed by atoms with van der Waals surface area (Å²) in [6.07, 6.45) is 0.119. The molecule has 2 aromatic rings. The SMILES string of the molecule is O=C(O)C[C@@H](NC(=O)Cc1cccs1)c1cccc(Br)c1. The number of carboxylic acid groups (broad SMARTS) is 1. The molecule has 1 aromatic heterocycles. The van der Waals surface area contributed by atoms with E-state index in [0.717, 1.165) is 14.9 Å². The van der Waals surface area contributed by atoms with Crippen LogP contribution in [0.2, 0.25) is 0 Å². The zero-order chi connectivity index (χ0) is 15.2. The van der Waals surface area contributed by atoms with Crippen LogP contribution in [0.15, 0.2) is 46.3 Å². The molecule has 0 unspecified atom stereocenters. The number of amides is 1. The van der Waals surface area contributed by atoms with Gasteiger partial charge in [-0.1, -0.05) is 34.1 Å². The second-order valence-electron chi connectivity index (χ2n) is 4.53. The first kappa shape index (κ1) is 15.7. The summed E-state index contributed by atoms with van der Waals surface area (Å²) in [5.41, 5.74) is 0.770. The lowest BCUT2D eigenvalue weighted by Crippen LogP contribution is -2.31. The molecule has 0 saturated carbocycles. The Balaban J connectivity index is 2.09. The highest BCUT2D eigenvalue weighted by atomic mass is 79.9. The predicted molar refractivity (Wildman–Crippen MR) is 85.3 cm³/mol. The molecule has 1 atom stereocenters. The molecule has 1 aromatic carbocycles. The molecule has 21 heavy (non-hydrogen) atoms. The number of rotatable bonds is 6. The minimum atomic E-state index is -0.948. The molecule has 4 nitrogen and oxygen atoms in total. The topological polar surface area (TPSA) is 66.4 Å². The minimum absolute atomic E-state index is 0.146. The average Bonchev–Trinajstić information content (AvgIpc) is 2.90. The average molecular weight is 368 g/mol. The molecule has 0 aliphatic heterocycles. The van der Waals surface area contributed by atoms with Crippen LogP contribution in [0.3, 0.4) is 0 Å². The van der Waals surface area contributed by atoms with Crippen LogP contribution in [0.5, 0.6) is 0 Å². The van der Waals surface area contributed by atoms with E-state index in [2.05, 4.69) is 21.2 Å². The molecule has 0 aliphatic carbocycles. The number of carbonyl (C=O) groups excluding carboxylic acids is 1. The number of aliphatic carboxylic acids is 1. The zero-order valence-electron chi connectivity index (χ0n) is 11.1. The lowest BCUT2D eigenvalue weighted by Gasteiger charge is -2.17. The number of benzene rings is 1. The summed E-state index contributed by atoms with van der Waals surface area (Å²) >= 11 is 4.86. The molecular weight excluding hydrogens is 354 g/mol. The summed E-state index contributed by atoms with van der Waals surface area (Å²) in [4.78, 5) is 24.0. The van der Waals surface area contributed by atoms with Gasteiger partial charge in [0.1, 0.15) is 0 Å². The van der Waals surface area contributed by atoms with Crippen LogP contribution in [-0.4, -0.2) is 17.0 Å². The van der Waals surface area contributed by atoms with Gasteiger partial charge in [0, 0.05) is 9.35 Å². The van der Waals surface area contributed by atoms with Gasteiger partial charge in [0.05, 0.1) is 18.9 Å². The molecule has 0 saturated heterocycles. The van der Waals surface area contributed by atoms with Crippen molar-refractivity contribution >= 4 is 39.1 Å². The molecular formula is C15H14BrNO3S. The van der Waals surface area contributed by atoms with Gasteiger partial charge >= 0.3 is 5.97 Å². The Kier molecular flexibility index (Phi) is 5.52. The van der Waals surface area contributed by atoms with Crippen LogP contribution in [0.4, 0.5) is 0 Å². The van der Waals surface area contributed by atoms with Gasteiger partial charge < -0.3 is 10.4 Å². The lowest BCUT2D eigenvalue weighted by molar-refractivity contribution is -0.137. The first-order chi connectivity index (χ1) is 10.0. The number of halogens is 1. The van der Waals surface area contributed by atoms with Gasteiger partial charge in [-0.05, 0) is 29.1 Å². The van der Waals surface area contributed by atoms with Gasteiger partial charge in [-0.2, -0.15) is 0 Å². The van der Waals surface area contributed by atoms with Crippen LogP contribution < -0.4 is 5.32 Å². The first-order valence-corrected chi connectivity index (χ1v) is 8.01. The quantitative estimate of drug-likeness (QED) is 0.822. The molecule has 0 spiro atoms. The number of hydrogen-bond donors (Lipinski definition) is 2. The van der Waals surface area contributed by atoms with Crippen LogP contribution in [0, 0.1) is 0 Å². The molecule has 1 heterocycles. The highest BCUT2D eigenvalue weighted by molar-refractivity contribution is 9.10. The van der Waals surface area contributed by atoms with Crippen molar-refractivity contribution in [2.45, 2.75) is 18.9 Å². The van der Waals surface area contributed by atoms with E-state index in [1.165, 1.54) is 11.3 Å². The van der Waals surface area contributed by atoms with Crippen molar-refractivity contribution in [1.82, 2.24) is 5.32 Å². The third kappa shape index (κ3) is 4.99. The monoisotopic (exact) mass is 367 g/mol. The zero-order valence-corrected chi connectivity index (χ0v) is 13.5. The van der Waals surface area contributed by atoms with Gasteiger partial charge in [-0.3, -0.25) is 9.59 Å². The number of hydrogen-bond acceptors (Lipinski definition) is 3. The standard InChI is InChI=1S/C15H14BrNO3S/c16-11-4-1-3-10(7-11)13(9-15(19)20)17-14(18)8-12-5-2-6-21-12/h1-7,13H,8-9H2,(H,17,18)(H,19,20)/t13-/m1/s1. The lowest BCUT2D eigenvalue weighted by atomic mass is 10.0. The molecule has 110 valence electrons. The van der Waals surface area contributed by atoms with Crippen LogP contribution in [-0.2, 0) is 16.0 Å². The summed E-state index contributed by atoms with van der Waals surface area (Å²) in [6, 6.07) is 10.5.